The Bertz CT molecular complexity index is 288. The molecule has 2 amide bonds. The third-order valence-corrected chi connectivity index (χ3v) is 1.93. The van der Waals surface area contributed by atoms with Crippen LogP contribution in [0.25, 0.3) is 0 Å². The van der Waals surface area contributed by atoms with Gasteiger partial charge in [-0.1, -0.05) is 0 Å². The standard InChI is InChI=1S/C10H18N4O3/c1-8(10(16)13-5-6-17-2)14-7-9(15)12-4-3-11/h8,14H,4-7H2,1-2H3,(H,12,15)(H,13,16). The van der Waals surface area contributed by atoms with Crippen molar-refractivity contribution in [3.05, 3.63) is 0 Å². The Hall–Kier alpha value is -1.65. The second kappa shape index (κ2) is 9.57. The molecule has 0 saturated carbocycles. The molecule has 0 rings (SSSR count). The SMILES string of the molecule is COCCNC(=O)C(C)NCC(=O)NCC#N. The van der Waals surface area contributed by atoms with Crippen molar-refractivity contribution in [3.63, 3.8) is 0 Å². The molecule has 0 heterocycles. The van der Waals surface area contributed by atoms with Gasteiger partial charge in [0.1, 0.15) is 6.54 Å². The van der Waals surface area contributed by atoms with Gasteiger partial charge in [-0.3, -0.25) is 14.9 Å². The quantitative estimate of drug-likeness (QED) is 0.350. The van der Waals surface area contributed by atoms with Crippen molar-refractivity contribution in [1.82, 2.24) is 16.0 Å². The molecule has 96 valence electrons. The minimum absolute atomic E-state index is 0.000540. The van der Waals surface area contributed by atoms with E-state index in [1.54, 1.807) is 20.1 Å². The second-order valence-corrected chi connectivity index (χ2v) is 3.32. The third-order valence-electron chi connectivity index (χ3n) is 1.93. The number of ether oxygens (including phenoxy) is 1. The van der Waals surface area contributed by atoms with Crippen LogP contribution in [0.1, 0.15) is 6.92 Å². The summed E-state index contributed by atoms with van der Waals surface area (Å²) in [6.07, 6.45) is 0. The molecule has 0 aromatic rings. The third kappa shape index (κ3) is 8.19. The lowest BCUT2D eigenvalue weighted by molar-refractivity contribution is -0.123. The largest absolute Gasteiger partial charge is 0.383 e. The zero-order valence-corrected chi connectivity index (χ0v) is 10.1. The van der Waals surface area contributed by atoms with Crippen LogP contribution in [0.15, 0.2) is 0 Å². The zero-order chi connectivity index (χ0) is 13.1. The zero-order valence-electron chi connectivity index (χ0n) is 10.1. The highest BCUT2D eigenvalue weighted by Crippen LogP contribution is 1.81. The molecule has 0 aromatic heterocycles. The van der Waals surface area contributed by atoms with Gasteiger partial charge in [0.2, 0.25) is 11.8 Å². The van der Waals surface area contributed by atoms with Gasteiger partial charge in [0.15, 0.2) is 0 Å². The van der Waals surface area contributed by atoms with Crippen LogP contribution in [-0.4, -0.2) is 51.2 Å². The molecule has 0 aliphatic carbocycles. The van der Waals surface area contributed by atoms with Crippen molar-refractivity contribution in [2.75, 3.05) is 33.4 Å². The minimum Gasteiger partial charge on any atom is -0.383 e. The fourth-order valence-corrected chi connectivity index (χ4v) is 0.968. The van der Waals surface area contributed by atoms with Gasteiger partial charge in [-0.2, -0.15) is 5.26 Å². The van der Waals surface area contributed by atoms with Gasteiger partial charge >= 0.3 is 0 Å². The Labute approximate surface area is 101 Å². The Morgan fingerprint density at radius 2 is 2.12 bits per heavy atom. The van der Waals surface area contributed by atoms with E-state index in [1.165, 1.54) is 0 Å². The molecule has 0 bridgehead atoms. The fraction of sp³-hybridized carbons (Fsp3) is 0.700. The lowest BCUT2D eigenvalue weighted by Crippen LogP contribution is -2.46. The molecular formula is C10H18N4O3. The van der Waals surface area contributed by atoms with Gasteiger partial charge in [0.05, 0.1) is 25.3 Å². The predicted octanol–water partition coefficient (Wildman–Crippen LogP) is -1.63. The summed E-state index contributed by atoms with van der Waals surface area (Å²) >= 11 is 0. The van der Waals surface area contributed by atoms with Crippen LogP contribution in [0.4, 0.5) is 0 Å². The average Bonchev–Trinajstić information content (AvgIpc) is 2.33. The van der Waals surface area contributed by atoms with Crippen molar-refractivity contribution in [1.29, 1.82) is 5.26 Å². The van der Waals surface area contributed by atoms with E-state index in [2.05, 4.69) is 16.0 Å². The van der Waals surface area contributed by atoms with E-state index in [9.17, 15) is 9.59 Å². The summed E-state index contributed by atoms with van der Waals surface area (Å²) in [7, 11) is 1.55. The number of carbonyl (C=O) groups is 2. The Morgan fingerprint density at radius 3 is 2.71 bits per heavy atom. The summed E-state index contributed by atoms with van der Waals surface area (Å²) in [4.78, 5) is 22.5. The molecule has 7 nitrogen and oxygen atoms in total. The van der Waals surface area contributed by atoms with Gasteiger partial charge in [0, 0.05) is 13.7 Å². The van der Waals surface area contributed by atoms with E-state index in [0.717, 1.165) is 0 Å². The molecule has 0 radical (unpaired) electrons. The first-order chi connectivity index (χ1) is 8.11. The van der Waals surface area contributed by atoms with Crippen LogP contribution in [0.5, 0.6) is 0 Å². The number of hydrogen-bond donors (Lipinski definition) is 3. The van der Waals surface area contributed by atoms with Crippen LogP contribution in [0, 0.1) is 11.3 Å². The summed E-state index contributed by atoms with van der Waals surface area (Å²) in [6, 6.07) is 1.32. The van der Waals surface area contributed by atoms with Gasteiger partial charge in [-0.25, -0.2) is 0 Å². The number of methoxy groups -OCH3 is 1. The molecule has 0 fully saturated rings. The summed E-state index contributed by atoms with van der Waals surface area (Å²) in [5, 5.41) is 16.0. The minimum atomic E-state index is -0.473. The number of nitrogens with one attached hydrogen (secondary N) is 3. The highest BCUT2D eigenvalue weighted by molar-refractivity contribution is 5.83. The molecular weight excluding hydrogens is 224 g/mol. The predicted molar refractivity (Wildman–Crippen MR) is 61.0 cm³/mol. The fourth-order valence-electron chi connectivity index (χ4n) is 0.968. The van der Waals surface area contributed by atoms with Gasteiger partial charge < -0.3 is 15.4 Å². The van der Waals surface area contributed by atoms with Crippen molar-refractivity contribution in [3.8, 4) is 6.07 Å². The lowest BCUT2D eigenvalue weighted by Gasteiger charge is -2.13. The maximum Gasteiger partial charge on any atom is 0.236 e. The van der Waals surface area contributed by atoms with Crippen LogP contribution in [-0.2, 0) is 14.3 Å². The molecule has 1 unspecified atom stereocenters. The maximum absolute atomic E-state index is 11.4. The van der Waals surface area contributed by atoms with Crippen LogP contribution in [0.3, 0.4) is 0 Å². The van der Waals surface area contributed by atoms with Crippen molar-refractivity contribution in [2.45, 2.75) is 13.0 Å². The van der Waals surface area contributed by atoms with E-state index in [1.807, 2.05) is 0 Å². The van der Waals surface area contributed by atoms with Gasteiger partial charge in [-0.15, -0.1) is 0 Å². The van der Waals surface area contributed by atoms with E-state index >= 15 is 0 Å². The molecule has 1 atom stereocenters. The van der Waals surface area contributed by atoms with E-state index in [4.69, 9.17) is 10.00 Å². The van der Waals surface area contributed by atoms with E-state index < -0.39 is 6.04 Å². The second-order valence-electron chi connectivity index (χ2n) is 3.32. The first-order valence-electron chi connectivity index (χ1n) is 5.25. The molecule has 0 spiro atoms. The monoisotopic (exact) mass is 242 g/mol. The van der Waals surface area contributed by atoms with E-state index in [-0.39, 0.29) is 24.9 Å². The number of amides is 2. The molecule has 7 heteroatoms. The number of carbonyl (C=O) groups excluding carboxylic acids is 2. The summed E-state index contributed by atoms with van der Waals surface area (Å²) in [6.45, 7) is 2.50. The molecule has 17 heavy (non-hydrogen) atoms. The number of nitrogens with zero attached hydrogens (tertiary/aromatic N) is 1. The van der Waals surface area contributed by atoms with Crippen molar-refractivity contribution in [2.24, 2.45) is 0 Å². The number of nitriles is 1. The number of rotatable bonds is 8. The molecule has 3 N–H and O–H groups in total. The van der Waals surface area contributed by atoms with Gasteiger partial charge in [-0.05, 0) is 6.92 Å². The first kappa shape index (κ1) is 15.3. The van der Waals surface area contributed by atoms with Crippen LogP contribution >= 0.6 is 0 Å². The molecule has 0 saturated heterocycles. The van der Waals surface area contributed by atoms with Crippen LogP contribution < -0.4 is 16.0 Å². The Balaban J connectivity index is 3.70. The van der Waals surface area contributed by atoms with Gasteiger partial charge in [0.25, 0.3) is 0 Å². The highest BCUT2D eigenvalue weighted by atomic mass is 16.5. The Morgan fingerprint density at radius 1 is 1.41 bits per heavy atom. The molecule has 0 aliphatic heterocycles. The summed E-state index contributed by atoms with van der Waals surface area (Å²) < 4.78 is 4.78. The topological polar surface area (TPSA) is 103 Å². The lowest BCUT2D eigenvalue weighted by atomic mass is 10.3. The number of hydrogen-bond acceptors (Lipinski definition) is 5. The smallest absolute Gasteiger partial charge is 0.236 e. The van der Waals surface area contributed by atoms with Crippen molar-refractivity contribution >= 4 is 11.8 Å². The van der Waals surface area contributed by atoms with Crippen LogP contribution in [0.2, 0.25) is 0 Å². The summed E-state index contributed by atoms with van der Waals surface area (Å²) in [5.74, 6) is -0.516. The maximum atomic E-state index is 11.4. The van der Waals surface area contributed by atoms with E-state index in [0.29, 0.717) is 13.2 Å². The molecule has 0 aliphatic rings. The first-order valence-corrected chi connectivity index (χ1v) is 5.25. The molecule has 0 aromatic carbocycles. The normalized spacial score (nSPS) is 11.4. The summed E-state index contributed by atoms with van der Waals surface area (Å²) in [5.41, 5.74) is 0. The average molecular weight is 242 g/mol. The van der Waals surface area contributed by atoms with Crippen molar-refractivity contribution < 1.29 is 14.3 Å². The highest BCUT2D eigenvalue weighted by Gasteiger charge is 2.12. The Kier molecular flexibility index (Phi) is 8.64.